The predicted molar refractivity (Wildman–Crippen MR) is 63.1 cm³/mol. The molecule has 0 amide bonds. The quantitative estimate of drug-likeness (QED) is 0.793. The highest BCUT2D eigenvalue weighted by Gasteiger charge is 2.21. The molecule has 1 aliphatic rings. The van der Waals surface area contributed by atoms with E-state index in [0.29, 0.717) is 12.0 Å². The Morgan fingerprint density at radius 2 is 2.40 bits per heavy atom. The Labute approximate surface area is 91.5 Å². The van der Waals surface area contributed by atoms with Crippen molar-refractivity contribution in [2.75, 3.05) is 24.5 Å². The highest BCUT2D eigenvalue weighted by atomic mass is 15.2. The van der Waals surface area contributed by atoms with Crippen LogP contribution in [0.15, 0.2) is 24.5 Å². The van der Waals surface area contributed by atoms with E-state index < -0.39 is 0 Å². The van der Waals surface area contributed by atoms with Gasteiger partial charge in [0.1, 0.15) is 0 Å². The zero-order valence-electron chi connectivity index (χ0n) is 9.48. The molecule has 1 saturated heterocycles. The van der Waals surface area contributed by atoms with Crippen molar-refractivity contribution in [2.45, 2.75) is 19.9 Å². The molecule has 1 aromatic heterocycles. The van der Waals surface area contributed by atoms with Gasteiger partial charge in [-0.25, -0.2) is 0 Å². The van der Waals surface area contributed by atoms with E-state index in [4.69, 9.17) is 0 Å². The Morgan fingerprint density at radius 1 is 1.53 bits per heavy atom. The van der Waals surface area contributed by atoms with Crippen molar-refractivity contribution in [1.29, 1.82) is 0 Å². The fraction of sp³-hybridized carbons (Fsp3) is 0.583. The summed E-state index contributed by atoms with van der Waals surface area (Å²) in [5.74, 6) is 0.685. The van der Waals surface area contributed by atoms with Crippen molar-refractivity contribution in [1.82, 2.24) is 10.3 Å². The van der Waals surface area contributed by atoms with Crippen molar-refractivity contribution < 1.29 is 0 Å². The normalized spacial score (nSPS) is 22.1. The molecule has 0 aliphatic carbocycles. The molecule has 2 heterocycles. The number of nitrogens with one attached hydrogen (secondary N) is 1. The molecule has 1 aliphatic heterocycles. The smallest absolute Gasteiger partial charge is 0.0553 e. The standard InChI is InChI=1S/C12H19N3/c1-10(2)12-9-15(7-6-14-12)11-4-3-5-13-8-11/h3-5,8,10,12,14H,6-7,9H2,1-2H3. The Balaban J connectivity index is 2.05. The summed E-state index contributed by atoms with van der Waals surface area (Å²) in [4.78, 5) is 6.58. The molecular weight excluding hydrogens is 186 g/mol. The highest BCUT2D eigenvalue weighted by Crippen LogP contribution is 2.16. The lowest BCUT2D eigenvalue weighted by molar-refractivity contribution is 0.368. The van der Waals surface area contributed by atoms with Crippen LogP contribution in [0.4, 0.5) is 5.69 Å². The molecule has 82 valence electrons. The van der Waals surface area contributed by atoms with E-state index in [-0.39, 0.29) is 0 Å². The first-order valence-corrected chi connectivity index (χ1v) is 5.65. The maximum absolute atomic E-state index is 4.17. The fourth-order valence-corrected chi connectivity index (χ4v) is 2.00. The minimum atomic E-state index is 0.596. The van der Waals surface area contributed by atoms with Gasteiger partial charge in [0.05, 0.1) is 11.9 Å². The van der Waals surface area contributed by atoms with Gasteiger partial charge >= 0.3 is 0 Å². The fourth-order valence-electron chi connectivity index (χ4n) is 2.00. The zero-order valence-corrected chi connectivity index (χ0v) is 9.48. The third-order valence-electron chi connectivity index (χ3n) is 3.02. The molecule has 3 nitrogen and oxygen atoms in total. The van der Waals surface area contributed by atoms with Crippen LogP contribution in [0.5, 0.6) is 0 Å². The minimum absolute atomic E-state index is 0.596. The Hall–Kier alpha value is -1.09. The highest BCUT2D eigenvalue weighted by molar-refractivity contribution is 5.44. The first-order valence-electron chi connectivity index (χ1n) is 5.65. The summed E-state index contributed by atoms with van der Waals surface area (Å²) in [6, 6.07) is 4.73. The number of aromatic nitrogens is 1. The summed E-state index contributed by atoms with van der Waals surface area (Å²) in [7, 11) is 0. The van der Waals surface area contributed by atoms with Crippen molar-refractivity contribution >= 4 is 5.69 Å². The van der Waals surface area contributed by atoms with Crippen LogP contribution >= 0.6 is 0 Å². The van der Waals surface area contributed by atoms with Crippen LogP contribution in [0, 0.1) is 5.92 Å². The second-order valence-corrected chi connectivity index (χ2v) is 4.46. The number of anilines is 1. The molecule has 15 heavy (non-hydrogen) atoms. The average molecular weight is 205 g/mol. The van der Waals surface area contributed by atoms with Crippen LogP contribution in [0.3, 0.4) is 0 Å². The number of nitrogens with zero attached hydrogens (tertiary/aromatic N) is 2. The summed E-state index contributed by atoms with van der Waals surface area (Å²) in [6.07, 6.45) is 3.77. The molecule has 1 aromatic rings. The van der Waals surface area contributed by atoms with E-state index in [0.717, 1.165) is 19.6 Å². The van der Waals surface area contributed by atoms with Crippen LogP contribution in [-0.4, -0.2) is 30.7 Å². The van der Waals surface area contributed by atoms with Gasteiger partial charge in [0.2, 0.25) is 0 Å². The van der Waals surface area contributed by atoms with Gasteiger partial charge in [0.15, 0.2) is 0 Å². The van der Waals surface area contributed by atoms with Crippen LogP contribution < -0.4 is 10.2 Å². The minimum Gasteiger partial charge on any atom is -0.367 e. The van der Waals surface area contributed by atoms with E-state index in [9.17, 15) is 0 Å². The molecule has 0 saturated carbocycles. The predicted octanol–water partition coefficient (Wildman–Crippen LogP) is 1.52. The van der Waals surface area contributed by atoms with Gasteiger partial charge < -0.3 is 10.2 Å². The molecule has 0 aromatic carbocycles. The number of hydrogen-bond acceptors (Lipinski definition) is 3. The van der Waals surface area contributed by atoms with Gasteiger partial charge in [-0.2, -0.15) is 0 Å². The second-order valence-electron chi connectivity index (χ2n) is 4.46. The molecule has 0 bridgehead atoms. The molecule has 1 N–H and O–H groups in total. The summed E-state index contributed by atoms with van der Waals surface area (Å²) in [6.45, 7) is 7.77. The number of rotatable bonds is 2. The number of pyridine rings is 1. The lowest BCUT2D eigenvalue weighted by atomic mass is 10.0. The molecular formula is C12H19N3. The van der Waals surface area contributed by atoms with Gasteiger partial charge in [0, 0.05) is 31.9 Å². The molecule has 0 radical (unpaired) electrons. The largest absolute Gasteiger partial charge is 0.367 e. The van der Waals surface area contributed by atoms with E-state index >= 15 is 0 Å². The molecule has 0 spiro atoms. The van der Waals surface area contributed by atoms with E-state index in [1.165, 1.54) is 5.69 Å². The SMILES string of the molecule is CC(C)C1CN(c2cccnc2)CCN1. The molecule has 2 rings (SSSR count). The molecule has 1 atom stereocenters. The third-order valence-corrected chi connectivity index (χ3v) is 3.02. The van der Waals surface area contributed by atoms with Crippen molar-refractivity contribution in [2.24, 2.45) is 5.92 Å². The van der Waals surface area contributed by atoms with E-state index in [1.54, 1.807) is 0 Å². The van der Waals surface area contributed by atoms with E-state index in [2.05, 4.69) is 35.1 Å². The van der Waals surface area contributed by atoms with Gasteiger partial charge in [-0.05, 0) is 18.1 Å². The Morgan fingerprint density at radius 3 is 3.07 bits per heavy atom. The molecule has 1 fully saturated rings. The van der Waals surface area contributed by atoms with Gasteiger partial charge in [0.25, 0.3) is 0 Å². The molecule has 1 unspecified atom stereocenters. The zero-order chi connectivity index (χ0) is 10.7. The lowest BCUT2D eigenvalue weighted by Gasteiger charge is -2.36. The monoisotopic (exact) mass is 205 g/mol. The Kier molecular flexibility index (Phi) is 3.21. The van der Waals surface area contributed by atoms with Gasteiger partial charge in [-0.15, -0.1) is 0 Å². The van der Waals surface area contributed by atoms with Crippen molar-refractivity contribution in [3.8, 4) is 0 Å². The maximum Gasteiger partial charge on any atom is 0.0553 e. The van der Waals surface area contributed by atoms with Crippen molar-refractivity contribution in [3.05, 3.63) is 24.5 Å². The third kappa shape index (κ3) is 2.48. The van der Waals surface area contributed by atoms with Crippen LogP contribution in [-0.2, 0) is 0 Å². The van der Waals surface area contributed by atoms with Crippen LogP contribution in [0.2, 0.25) is 0 Å². The topological polar surface area (TPSA) is 28.2 Å². The van der Waals surface area contributed by atoms with Crippen LogP contribution in [0.1, 0.15) is 13.8 Å². The first-order chi connectivity index (χ1) is 7.27. The summed E-state index contributed by atoms with van der Waals surface area (Å²) in [5, 5.41) is 3.56. The lowest BCUT2D eigenvalue weighted by Crippen LogP contribution is -2.53. The van der Waals surface area contributed by atoms with Gasteiger partial charge in [-0.1, -0.05) is 13.8 Å². The maximum atomic E-state index is 4.17. The van der Waals surface area contributed by atoms with Crippen LogP contribution in [0.25, 0.3) is 0 Å². The summed E-state index contributed by atoms with van der Waals surface area (Å²) >= 11 is 0. The Bertz CT molecular complexity index is 297. The van der Waals surface area contributed by atoms with Crippen molar-refractivity contribution in [3.63, 3.8) is 0 Å². The summed E-state index contributed by atoms with van der Waals surface area (Å²) < 4.78 is 0. The molecule has 3 heteroatoms. The number of piperazine rings is 1. The second kappa shape index (κ2) is 4.62. The van der Waals surface area contributed by atoms with Gasteiger partial charge in [-0.3, -0.25) is 4.98 Å². The first kappa shape index (κ1) is 10.4. The van der Waals surface area contributed by atoms with E-state index in [1.807, 2.05) is 18.5 Å². The summed E-state index contributed by atoms with van der Waals surface area (Å²) in [5.41, 5.74) is 1.24. The average Bonchev–Trinajstić information content (AvgIpc) is 2.30. The number of hydrogen-bond donors (Lipinski definition) is 1.